The zero-order chi connectivity index (χ0) is 16.2. The molecule has 0 aliphatic rings. The summed E-state index contributed by atoms with van der Waals surface area (Å²) in [5.74, 6) is 2.63. The lowest BCUT2D eigenvalue weighted by molar-refractivity contribution is 0.355. The highest BCUT2D eigenvalue weighted by atomic mass is 32.2. The SMILES string of the molecule is COc1ccc(-c2nnc(CSc3nnnn3C)o2)cc1OC. The fraction of sp³-hybridized carbons (Fsp3) is 0.308. The maximum atomic E-state index is 5.66. The summed E-state index contributed by atoms with van der Waals surface area (Å²) in [6, 6.07) is 5.41. The van der Waals surface area contributed by atoms with E-state index in [1.54, 1.807) is 38.1 Å². The third-order valence-electron chi connectivity index (χ3n) is 3.00. The number of hydrogen-bond acceptors (Lipinski definition) is 9. The fourth-order valence-electron chi connectivity index (χ4n) is 1.87. The molecule has 0 amide bonds. The molecule has 0 fully saturated rings. The Morgan fingerprint density at radius 3 is 2.65 bits per heavy atom. The Bertz CT molecular complexity index is 803. The van der Waals surface area contributed by atoms with Gasteiger partial charge in [-0.15, -0.1) is 15.3 Å². The van der Waals surface area contributed by atoms with E-state index in [1.807, 2.05) is 6.07 Å². The van der Waals surface area contributed by atoms with Gasteiger partial charge in [0.05, 0.1) is 20.0 Å². The highest BCUT2D eigenvalue weighted by Crippen LogP contribution is 2.32. The summed E-state index contributed by atoms with van der Waals surface area (Å²) in [6.07, 6.45) is 0. The molecule has 0 radical (unpaired) electrons. The van der Waals surface area contributed by atoms with Crippen molar-refractivity contribution in [3.05, 3.63) is 24.1 Å². The van der Waals surface area contributed by atoms with Crippen LogP contribution in [0, 0.1) is 0 Å². The second kappa shape index (κ2) is 6.65. The Hall–Kier alpha value is -2.62. The number of tetrazole rings is 1. The Balaban J connectivity index is 1.75. The van der Waals surface area contributed by atoms with Crippen LogP contribution in [0.3, 0.4) is 0 Å². The van der Waals surface area contributed by atoms with Crippen LogP contribution in [0.4, 0.5) is 0 Å². The number of benzene rings is 1. The Kier molecular flexibility index (Phi) is 4.42. The lowest BCUT2D eigenvalue weighted by Crippen LogP contribution is -1.93. The van der Waals surface area contributed by atoms with Gasteiger partial charge in [-0.3, -0.25) is 0 Å². The zero-order valence-electron chi connectivity index (χ0n) is 12.8. The van der Waals surface area contributed by atoms with E-state index in [4.69, 9.17) is 13.9 Å². The second-order valence-corrected chi connectivity index (χ2v) is 5.39. The van der Waals surface area contributed by atoms with Crippen LogP contribution >= 0.6 is 11.8 Å². The number of hydrogen-bond donors (Lipinski definition) is 0. The standard InChI is InChI=1S/C13H14N6O3S/c1-19-13(16-17-18-19)23-7-11-14-15-12(22-11)8-4-5-9(20-2)10(6-8)21-3/h4-6H,7H2,1-3H3. The minimum Gasteiger partial charge on any atom is -0.493 e. The van der Waals surface area contributed by atoms with Crippen molar-refractivity contribution in [1.82, 2.24) is 30.4 Å². The van der Waals surface area contributed by atoms with E-state index >= 15 is 0 Å². The van der Waals surface area contributed by atoms with E-state index in [9.17, 15) is 0 Å². The summed E-state index contributed by atoms with van der Waals surface area (Å²) in [5.41, 5.74) is 0.756. The van der Waals surface area contributed by atoms with E-state index < -0.39 is 0 Å². The van der Waals surface area contributed by atoms with Crippen LogP contribution in [0.1, 0.15) is 5.89 Å². The van der Waals surface area contributed by atoms with Gasteiger partial charge in [0.1, 0.15) is 0 Å². The molecule has 23 heavy (non-hydrogen) atoms. The Morgan fingerprint density at radius 1 is 1.13 bits per heavy atom. The predicted octanol–water partition coefficient (Wildman–Crippen LogP) is 1.57. The molecule has 0 atom stereocenters. The van der Waals surface area contributed by atoms with Crippen molar-refractivity contribution in [1.29, 1.82) is 0 Å². The van der Waals surface area contributed by atoms with Crippen LogP contribution in [0.25, 0.3) is 11.5 Å². The van der Waals surface area contributed by atoms with Crippen LogP contribution in [0.15, 0.2) is 27.8 Å². The van der Waals surface area contributed by atoms with Crippen LogP contribution in [-0.4, -0.2) is 44.6 Å². The third-order valence-corrected chi connectivity index (χ3v) is 4.00. The van der Waals surface area contributed by atoms with Crippen molar-refractivity contribution in [2.75, 3.05) is 14.2 Å². The van der Waals surface area contributed by atoms with Gasteiger partial charge in [-0.2, -0.15) is 0 Å². The molecule has 2 heterocycles. The molecule has 0 N–H and O–H groups in total. The molecule has 10 heteroatoms. The van der Waals surface area contributed by atoms with Crippen molar-refractivity contribution < 1.29 is 13.9 Å². The summed E-state index contributed by atoms with van der Waals surface area (Å²) >= 11 is 1.41. The third kappa shape index (κ3) is 3.26. The number of aryl methyl sites for hydroxylation is 1. The van der Waals surface area contributed by atoms with E-state index in [2.05, 4.69) is 25.7 Å². The van der Waals surface area contributed by atoms with Gasteiger partial charge in [0.25, 0.3) is 0 Å². The molecule has 0 bridgehead atoms. The van der Waals surface area contributed by atoms with Crippen LogP contribution in [0.2, 0.25) is 0 Å². The van der Waals surface area contributed by atoms with Gasteiger partial charge in [0.15, 0.2) is 11.5 Å². The number of nitrogens with zero attached hydrogens (tertiary/aromatic N) is 6. The summed E-state index contributed by atoms with van der Waals surface area (Å²) in [4.78, 5) is 0. The average molecular weight is 334 g/mol. The zero-order valence-corrected chi connectivity index (χ0v) is 13.6. The van der Waals surface area contributed by atoms with Gasteiger partial charge in [0.2, 0.25) is 16.9 Å². The van der Waals surface area contributed by atoms with E-state index in [-0.39, 0.29) is 0 Å². The van der Waals surface area contributed by atoms with Crippen molar-refractivity contribution in [2.45, 2.75) is 10.9 Å². The predicted molar refractivity (Wildman–Crippen MR) is 81.2 cm³/mol. The number of aromatic nitrogens is 6. The van der Waals surface area contributed by atoms with Crippen molar-refractivity contribution in [3.63, 3.8) is 0 Å². The number of methoxy groups -OCH3 is 2. The number of ether oxygens (including phenoxy) is 2. The summed E-state index contributed by atoms with van der Waals surface area (Å²) in [5, 5.41) is 20.0. The molecule has 1 aromatic carbocycles. The van der Waals surface area contributed by atoms with E-state index in [0.717, 1.165) is 5.56 Å². The maximum Gasteiger partial charge on any atom is 0.247 e. The highest BCUT2D eigenvalue weighted by molar-refractivity contribution is 7.98. The summed E-state index contributed by atoms with van der Waals surface area (Å²) < 4.78 is 17.7. The van der Waals surface area contributed by atoms with Gasteiger partial charge in [-0.1, -0.05) is 11.8 Å². The monoisotopic (exact) mass is 334 g/mol. The first-order valence-electron chi connectivity index (χ1n) is 6.61. The van der Waals surface area contributed by atoms with E-state index in [1.165, 1.54) is 11.8 Å². The van der Waals surface area contributed by atoms with Crippen LogP contribution in [0.5, 0.6) is 11.5 Å². The van der Waals surface area contributed by atoms with Crippen molar-refractivity contribution in [2.24, 2.45) is 7.05 Å². The molecular formula is C13H14N6O3S. The van der Waals surface area contributed by atoms with Gasteiger partial charge in [0, 0.05) is 12.6 Å². The van der Waals surface area contributed by atoms with Gasteiger partial charge < -0.3 is 13.9 Å². The lowest BCUT2D eigenvalue weighted by Gasteiger charge is -2.07. The molecule has 2 aromatic heterocycles. The first-order valence-corrected chi connectivity index (χ1v) is 7.59. The first kappa shape index (κ1) is 15.3. The molecule has 3 aromatic rings. The van der Waals surface area contributed by atoms with Crippen molar-refractivity contribution >= 4 is 11.8 Å². The molecule has 3 rings (SSSR count). The second-order valence-electron chi connectivity index (χ2n) is 4.44. The average Bonchev–Trinajstić information content (AvgIpc) is 3.21. The minimum atomic E-state index is 0.414. The molecule has 0 aliphatic carbocycles. The largest absolute Gasteiger partial charge is 0.493 e. The molecule has 0 saturated carbocycles. The first-order chi connectivity index (χ1) is 11.2. The molecule has 0 aliphatic heterocycles. The van der Waals surface area contributed by atoms with Crippen molar-refractivity contribution in [3.8, 4) is 23.0 Å². The topological polar surface area (TPSA) is 101 Å². The lowest BCUT2D eigenvalue weighted by atomic mass is 10.2. The smallest absolute Gasteiger partial charge is 0.247 e. The number of thioether (sulfide) groups is 1. The molecule has 0 spiro atoms. The fourth-order valence-corrected chi connectivity index (χ4v) is 2.55. The van der Waals surface area contributed by atoms with E-state index in [0.29, 0.717) is 34.2 Å². The molecule has 120 valence electrons. The number of rotatable bonds is 6. The van der Waals surface area contributed by atoms with Gasteiger partial charge in [-0.25, -0.2) is 4.68 Å². The Morgan fingerprint density at radius 2 is 1.96 bits per heavy atom. The van der Waals surface area contributed by atoms with Gasteiger partial charge >= 0.3 is 0 Å². The molecule has 9 nitrogen and oxygen atoms in total. The molecule has 0 saturated heterocycles. The normalized spacial score (nSPS) is 10.7. The molecular weight excluding hydrogens is 320 g/mol. The summed E-state index contributed by atoms with van der Waals surface area (Å²) in [7, 11) is 4.93. The minimum absolute atomic E-state index is 0.414. The van der Waals surface area contributed by atoms with Crippen LogP contribution < -0.4 is 9.47 Å². The maximum absolute atomic E-state index is 5.66. The molecule has 0 unspecified atom stereocenters. The quantitative estimate of drug-likeness (QED) is 0.621. The summed E-state index contributed by atoms with van der Waals surface area (Å²) in [6.45, 7) is 0. The highest BCUT2D eigenvalue weighted by Gasteiger charge is 2.13. The Labute approximate surface area is 136 Å². The van der Waals surface area contributed by atoms with Gasteiger partial charge in [-0.05, 0) is 28.6 Å². The van der Waals surface area contributed by atoms with Crippen LogP contribution in [-0.2, 0) is 12.8 Å².